The number of urea groups is 1. The zero-order valence-corrected chi connectivity index (χ0v) is 6.52. The van der Waals surface area contributed by atoms with E-state index in [-0.39, 0.29) is 18.4 Å². The predicted octanol–water partition coefficient (Wildman–Crippen LogP) is 0.0370. The Morgan fingerprint density at radius 3 is 2.55 bits per heavy atom. The molecular weight excluding hydrogens is 144 g/mol. The van der Waals surface area contributed by atoms with E-state index in [0.717, 1.165) is 12.8 Å². The van der Waals surface area contributed by atoms with Crippen molar-refractivity contribution in [3.63, 3.8) is 0 Å². The Morgan fingerprint density at radius 2 is 2.09 bits per heavy atom. The summed E-state index contributed by atoms with van der Waals surface area (Å²) in [5.74, 6) is -0.0315. The lowest BCUT2D eigenvalue weighted by molar-refractivity contribution is -0.116. The van der Waals surface area contributed by atoms with Gasteiger partial charge in [0.25, 0.3) is 0 Å². The van der Waals surface area contributed by atoms with Gasteiger partial charge in [0.2, 0.25) is 0 Å². The third-order valence-corrected chi connectivity index (χ3v) is 1.41. The molecule has 1 saturated carbocycles. The van der Waals surface area contributed by atoms with Crippen LogP contribution in [0.25, 0.3) is 0 Å². The van der Waals surface area contributed by atoms with Crippen molar-refractivity contribution >= 4 is 11.8 Å². The molecule has 0 aromatic carbocycles. The van der Waals surface area contributed by atoms with Crippen molar-refractivity contribution < 1.29 is 9.59 Å². The van der Waals surface area contributed by atoms with Gasteiger partial charge < -0.3 is 10.6 Å². The summed E-state index contributed by atoms with van der Waals surface area (Å²) in [6, 6.07) is 0.115. The van der Waals surface area contributed by atoms with Crippen molar-refractivity contribution in [1.29, 1.82) is 0 Å². The molecule has 4 nitrogen and oxygen atoms in total. The number of rotatable bonds is 3. The summed E-state index contributed by atoms with van der Waals surface area (Å²) in [7, 11) is 0. The largest absolute Gasteiger partial charge is 0.335 e. The number of nitrogens with one attached hydrogen (secondary N) is 2. The summed E-state index contributed by atoms with van der Waals surface area (Å²) in [6.45, 7) is 1.57. The Bertz CT molecular complexity index is 175. The molecule has 1 aliphatic carbocycles. The van der Waals surface area contributed by atoms with E-state index in [0.29, 0.717) is 6.04 Å². The SMILES string of the molecule is CC(=O)CNC(=O)NC1CC1. The molecule has 1 rings (SSSR count). The van der Waals surface area contributed by atoms with Gasteiger partial charge in [-0.05, 0) is 19.8 Å². The molecule has 0 heterocycles. The molecule has 11 heavy (non-hydrogen) atoms. The Balaban J connectivity index is 2.04. The van der Waals surface area contributed by atoms with Crippen LogP contribution in [0.5, 0.6) is 0 Å². The standard InChI is InChI=1S/C7H12N2O2/c1-5(10)4-8-7(11)9-6-2-3-6/h6H,2-4H2,1H3,(H2,8,9,11). The molecule has 1 aliphatic rings. The Morgan fingerprint density at radius 1 is 1.45 bits per heavy atom. The van der Waals surface area contributed by atoms with Crippen LogP contribution in [0.15, 0.2) is 0 Å². The lowest BCUT2D eigenvalue weighted by atomic mass is 10.4. The lowest BCUT2D eigenvalue weighted by Crippen LogP contribution is -2.38. The molecule has 0 aliphatic heterocycles. The first-order valence-corrected chi connectivity index (χ1v) is 3.72. The molecule has 0 bridgehead atoms. The van der Waals surface area contributed by atoms with Crippen molar-refractivity contribution in [3.05, 3.63) is 0 Å². The van der Waals surface area contributed by atoms with Gasteiger partial charge in [0.1, 0.15) is 5.78 Å². The number of Topliss-reactive ketones (excluding diaryl/α,β-unsaturated/α-hetero) is 1. The average Bonchev–Trinajstić information content (AvgIpc) is 2.67. The first-order valence-electron chi connectivity index (χ1n) is 3.72. The van der Waals surface area contributed by atoms with E-state index in [9.17, 15) is 9.59 Å². The van der Waals surface area contributed by atoms with Gasteiger partial charge in [-0.25, -0.2) is 4.79 Å². The summed E-state index contributed by atoms with van der Waals surface area (Å²) < 4.78 is 0. The fourth-order valence-electron chi connectivity index (χ4n) is 0.669. The normalized spacial score (nSPS) is 15.7. The average molecular weight is 156 g/mol. The van der Waals surface area contributed by atoms with Crippen LogP contribution in [0.1, 0.15) is 19.8 Å². The van der Waals surface area contributed by atoms with E-state index in [1.165, 1.54) is 6.92 Å². The molecule has 1 fully saturated rings. The topological polar surface area (TPSA) is 58.2 Å². The Hall–Kier alpha value is -1.06. The van der Waals surface area contributed by atoms with Crippen LogP contribution in [0.3, 0.4) is 0 Å². The van der Waals surface area contributed by atoms with Gasteiger partial charge in [-0.1, -0.05) is 0 Å². The maximum atomic E-state index is 10.8. The number of carbonyl (C=O) groups excluding carboxylic acids is 2. The van der Waals surface area contributed by atoms with Crippen molar-refractivity contribution in [3.8, 4) is 0 Å². The number of amides is 2. The molecular formula is C7H12N2O2. The quantitative estimate of drug-likeness (QED) is 0.606. The van der Waals surface area contributed by atoms with E-state index < -0.39 is 0 Å². The number of hydrogen-bond donors (Lipinski definition) is 2. The molecule has 62 valence electrons. The van der Waals surface area contributed by atoms with Gasteiger partial charge in [0.15, 0.2) is 0 Å². The molecule has 0 spiro atoms. The molecule has 0 aromatic rings. The molecule has 2 amide bonds. The molecule has 2 N–H and O–H groups in total. The molecule has 0 saturated heterocycles. The molecule has 4 heteroatoms. The first-order chi connectivity index (χ1) is 5.18. The second-order valence-corrected chi connectivity index (χ2v) is 2.80. The maximum absolute atomic E-state index is 10.8. The van der Waals surface area contributed by atoms with Gasteiger partial charge in [-0.3, -0.25) is 4.79 Å². The van der Waals surface area contributed by atoms with Gasteiger partial charge in [-0.15, -0.1) is 0 Å². The fourth-order valence-corrected chi connectivity index (χ4v) is 0.669. The summed E-state index contributed by atoms with van der Waals surface area (Å²) >= 11 is 0. The predicted molar refractivity (Wildman–Crippen MR) is 40.2 cm³/mol. The second kappa shape index (κ2) is 3.37. The van der Waals surface area contributed by atoms with Crippen molar-refractivity contribution in [2.75, 3.05) is 6.54 Å². The van der Waals surface area contributed by atoms with Crippen LogP contribution in [0.2, 0.25) is 0 Å². The number of carbonyl (C=O) groups is 2. The third-order valence-electron chi connectivity index (χ3n) is 1.41. The highest BCUT2D eigenvalue weighted by molar-refractivity contribution is 5.83. The van der Waals surface area contributed by atoms with E-state index >= 15 is 0 Å². The molecule has 0 atom stereocenters. The smallest absolute Gasteiger partial charge is 0.315 e. The third kappa shape index (κ3) is 3.60. The zero-order valence-electron chi connectivity index (χ0n) is 6.52. The molecule has 0 aromatic heterocycles. The van der Waals surface area contributed by atoms with E-state index in [2.05, 4.69) is 10.6 Å². The Kier molecular flexibility index (Phi) is 2.46. The monoisotopic (exact) mass is 156 g/mol. The Labute approximate surface area is 65.3 Å². The maximum Gasteiger partial charge on any atom is 0.315 e. The van der Waals surface area contributed by atoms with Crippen molar-refractivity contribution in [2.45, 2.75) is 25.8 Å². The lowest BCUT2D eigenvalue weighted by Gasteiger charge is -2.02. The van der Waals surface area contributed by atoms with Crippen LogP contribution < -0.4 is 10.6 Å². The van der Waals surface area contributed by atoms with Gasteiger partial charge in [0, 0.05) is 6.04 Å². The minimum atomic E-state index is -0.234. The molecule has 0 radical (unpaired) electrons. The number of hydrogen-bond acceptors (Lipinski definition) is 2. The van der Waals surface area contributed by atoms with E-state index in [1.807, 2.05) is 0 Å². The summed E-state index contributed by atoms with van der Waals surface area (Å²) in [5.41, 5.74) is 0. The van der Waals surface area contributed by atoms with Crippen molar-refractivity contribution in [2.24, 2.45) is 0 Å². The summed E-state index contributed by atoms with van der Waals surface area (Å²) in [5, 5.41) is 5.16. The first kappa shape index (κ1) is 8.04. The summed E-state index contributed by atoms with van der Waals surface area (Å²) in [4.78, 5) is 21.2. The van der Waals surface area contributed by atoms with E-state index in [4.69, 9.17) is 0 Å². The van der Waals surface area contributed by atoms with Crippen LogP contribution in [-0.2, 0) is 4.79 Å². The van der Waals surface area contributed by atoms with Gasteiger partial charge in [-0.2, -0.15) is 0 Å². The van der Waals surface area contributed by atoms with Crippen LogP contribution in [0.4, 0.5) is 4.79 Å². The van der Waals surface area contributed by atoms with Crippen LogP contribution in [-0.4, -0.2) is 24.4 Å². The highest BCUT2D eigenvalue weighted by Crippen LogP contribution is 2.17. The highest BCUT2D eigenvalue weighted by Gasteiger charge is 2.22. The zero-order chi connectivity index (χ0) is 8.27. The van der Waals surface area contributed by atoms with Gasteiger partial charge in [0.05, 0.1) is 6.54 Å². The van der Waals surface area contributed by atoms with Crippen LogP contribution in [0, 0.1) is 0 Å². The minimum absolute atomic E-state index is 0.0315. The highest BCUT2D eigenvalue weighted by atomic mass is 16.2. The summed E-state index contributed by atoms with van der Waals surface area (Å²) in [6.07, 6.45) is 2.13. The van der Waals surface area contributed by atoms with E-state index in [1.54, 1.807) is 0 Å². The van der Waals surface area contributed by atoms with Crippen LogP contribution >= 0.6 is 0 Å². The van der Waals surface area contributed by atoms with Crippen molar-refractivity contribution in [1.82, 2.24) is 10.6 Å². The fraction of sp³-hybridized carbons (Fsp3) is 0.714. The second-order valence-electron chi connectivity index (χ2n) is 2.80. The number of ketones is 1. The van der Waals surface area contributed by atoms with Gasteiger partial charge >= 0.3 is 6.03 Å². The minimum Gasteiger partial charge on any atom is -0.335 e. The molecule has 0 unspecified atom stereocenters.